The zero-order valence-corrected chi connectivity index (χ0v) is 22.2. The number of amides is 3. The van der Waals surface area contributed by atoms with Gasteiger partial charge in [0.1, 0.15) is 11.4 Å². The first-order chi connectivity index (χ1) is 19.8. The molecule has 3 atom stereocenters. The Morgan fingerprint density at radius 1 is 1.07 bits per heavy atom. The standard InChI is InChI=1S/C30H25F4N3O5/c1-28(30(32,33)34,15-17-2-9-22(31)10-3-17)36-24(16-38)37-26(40)29(42-27(37)41)13-12-21-14-20(8-11-23(21)29)18-4-6-19(7-5-18)25(35)39/h2-11,14,16,24,36H,12-13,15H2,1H3,(H2,35,39)/t24?,28-,29+/m0/s1. The second kappa shape index (κ2) is 10.4. The van der Waals surface area contributed by atoms with Crippen LogP contribution in [0.5, 0.6) is 0 Å². The molecule has 0 aromatic heterocycles. The van der Waals surface area contributed by atoms with Crippen molar-refractivity contribution in [1.29, 1.82) is 0 Å². The molecule has 3 amide bonds. The van der Waals surface area contributed by atoms with E-state index in [1.165, 1.54) is 12.1 Å². The SMILES string of the molecule is C[C@@](Cc1ccc(F)cc1)(NC(C=O)N1C(=O)O[C@@]2(CCc3cc(-c4ccc(C(N)=O)cc4)ccc32)C1=O)C(F)(F)F. The molecule has 3 aromatic rings. The molecule has 3 aromatic carbocycles. The van der Waals surface area contributed by atoms with Crippen LogP contribution < -0.4 is 11.1 Å². The minimum atomic E-state index is -4.93. The number of benzene rings is 3. The summed E-state index contributed by atoms with van der Waals surface area (Å²) in [5, 5.41) is 2.14. The second-order valence-electron chi connectivity index (χ2n) is 10.5. The summed E-state index contributed by atoms with van der Waals surface area (Å²) in [5.41, 5.74) is 3.74. The van der Waals surface area contributed by atoms with Gasteiger partial charge in [-0.2, -0.15) is 13.2 Å². The molecule has 218 valence electrons. The highest BCUT2D eigenvalue weighted by molar-refractivity contribution is 6.06. The number of carbonyl (C=O) groups excluding carboxylic acids is 4. The number of nitrogens with one attached hydrogen (secondary N) is 1. The summed E-state index contributed by atoms with van der Waals surface area (Å²) in [5.74, 6) is -2.16. The normalized spacial score (nSPS) is 20.3. The van der Waals surface area contributed by atoms with E-state index in [1.54, 1.807) is 42.5 Å². The van der Waals surface area contributed by atoms with E-state index in [0.717, 1.165) is 30.2 Å². The van der Waals surface area contributed by atoms with Crippen molar-refractivity contribution in [3.8, 4) is 11.1 Å². The molecule has 3 N–H and O–H groups in total. The molecule has 42 heavy (non-hydrogen) atoms. The molecule has 1 fully saturated rings. The Kier molecular flexibility index (Phi) is 7.13. The molecular formula is C30H25F4N3O5. The number of fused-ring (bicyclic) bond motifs is 2. The smallest absolute Gasteiger partial charge is 0.419 e. The van der Waals surface area contributed by atoms with E-state index in [9.17, 15) is 36.7 Å². The van der Waals surface area contributed by atoms with Crippen molar-refractivity contribution < 1.29 is 41.5 Å². The number of alkyl halides is 3. The molecule has 2 aliphatic rings. The van der Waals surface area contributed by atoms with Crippen molar-refractivity contribution in [1.82, 2.24) is 10.2 Å². The number of aryl methyl sites for hydroxylation is 1. The van der Waals surface area contributed by atoms with Crippen LogP contribution in [0.25, 0.3) is 11.1 Å². The lowest BCUT2D eigenvalue weighted by Gasteiger charge is -2.37. The van der Waals surface area contributed by atoms with Gasteiger partial charge in [-0.1, -0.05) is 42.5 Å². The maximum atomic E-state index is 14.3. The van der Waals surface area contributed by atoms with Crippen LogP contribution in [-0.4, -0.2) is 47.0 Å². The van der Waals surface area contributed by atoms with Crippen LogP contribution >= 0.6 is 0 Å². The molecule has 1 spiro atoms. The van der Waals surface area contributed by atoms with Crippen LogP contribution in [0.2, 0.25) is 0 Å². The summed E-state index contributed by atoms with van der Waals surface area (Å²) < 4.78 is 61.7. The van der Waals surface area contributed by atoms with Gasteiger partial charge in [-0.25, -0.2) is 14.1 Å². The van der Waals surface area contributed by atoms with Gasteiger partial charge in [-0.15, -0.1) is 0 Å². The van der Waals surface area contributed by atoms with Crippen LogP contribution in [0.4, 0.5) is 22.4 Å². The average molecular weight is 584 g/mol. The lowest BCUT2D eigenvalue weighted by Crippen LogP contribution is -2.64. The molecule has 0 saturated carbocycles. The number of rotatable bonds is 8. The number of halogens is 4. The van der Waals surface area contributed by atoms with Crippen molar-refractivity contribution >= 4 is 24.2 Å². The maximum Gasteiger partial charge on any atom is 0.419 e. The fraction of sp³-hybridized carbons (Fsp3) is 0.267. The minimum absolute atomic E-state index is 0.0329. The maximum absolute atomic E-state index is 14.3. The number of imide groups is 1. The Hall–Kier alpha value is -4.58. The predicted octanol–water partition coefficient (Wildman–Crippen LogP) is 4.39. The fourth-order valence-corrected chi connectivity index (χ4v) is 5.46. The van der Waals surface area contributed by atoms with Gasteiger partial charge in [0.25, 0.3) is 5.91 Å². The zero-order chi connectivity index (χ0) is 30.4. The number of primary amides is 1. The van der Waals surface area contributed by atoms with E-state index in [4.69, 9.17) is 10.5 Å². The Labute approximate surface area is 237 Å². The van der Waals surface area contributed by atoms with Gasteiger partial charge in [-0.3, -0.25) is 19.7 Å². The average Bonchev–Trinajstić information content (AvgIpc) is 3.43. The van der Waals surface area contributed by atoms with E-state index in [0.29, 0.717) is 28.0 Å². The number of nitrogens with two attached hydrogens (primary N) is 1. The molecule has 1 aliphatic heterocycles. The third-order valence-corrected chi connectivity index (χ3v) is 7.78. The quantitative estimate of drug-likeness (QED) is 0.300. The van der Waals surface area contributed by atoms with Crippen LogP contribution in [0, 0.1) is 5.82 Å². The zero-order valence-electron chi connectivity index (χ0n) is 22.2. The summed E-state index contributed by atoms with van der Waals surface area (Å²) >= 11 is 0. The molecule has 1 unspecified atom stereocenters. The molecule has 8 nitrogen and oxygen atoms in total. The molecule has 0 bridgehead atoms. The topological polar surface area (TPSA) is 119 Å². The summed E-state index contributed by atoms with van der Waals surface area (Å²) in [7, 11) is 0. The molecule has 1 heterocycles. The Bertz CT molecular complexity index is 1580. The summed E-state index contributed by atoms with van der Waals surface area (Å²) in [4.78, 5) is 50.5. The van der Waals surface area contributed by atoms with Crippen molar-refractivity contribution in [3.05, 3.63) is 94.8 Å². The number of aldehydes is 1. The number of carbonyl (C=O) groups is 4. The van der Waals surface area contributed by atoms with Gasteiger partial charge in [0.05, 0.1) is 0 Å². The van der Waals surface area contributed by atoms with Crippen LogP contribution in [0.15, 0.2) is 66.7 Å². The van der Waals surface area contributed by atoms with E-state index in [2.05, 4.69) is 5.32 Å². The van der Waals surface area contributed by atoms with Gasteiger partial charge in [0.2, 0.25) is 11.5 Å². The predicted molar refractivity (Wildman–Crippen MR) is 141 cm³/mol. The second-order valence-corrected chi connectivity index (χ2v) is 10.5. The van der Waals surface area contributed by atoms with Crippen LogP contribution in [0.3, 0.4) is 0 Å². The summed E-state index contributed by atoms with van der Waals surface area (Å²) in [6.07, 6.45) is -8.50. The first-order valence-electron chi connectivity index (χ1n) is 12.9. The van der Waals surface area contributed by atoms with Gasteiger partial charge >= 0.3 is 12.3 Å². The number of ether oxygens (including phenoxy) is 1. The van der Waals surface area contributed by atoms with Crippen molar-refractivity contribution in [2.75, 3.05) is 0 Å². The highest BCUT2D eigenvalue weighted by Gasteiger charge is 2.61. The van der Waals surface area contributed by atoms with Gasteiger partial charge in [0.15, 0.2) is 12.5 Å². The van der Waals surface area contributed by atoms with E-state index in [-0.39, 0.29) is 18.3 Å². The number of nitrogens with zero attached hydrogens (tertiary/aromatic N) is 1. The first kappa shape index (κ1) is 28.9. The van der Waals surface area contributed by atoms with Crippen molar-refractivity contribution in [3.63, 3.8) is 0 Å². The Morgan fingerprint density at radius 3 is 2.31 bits per heavy atom. The van der Waals surface area contributed by atoms with Gasteiger partial charge in [-0.05, 0) is 66.3 Å². The first-order valence-corrected chi connectivity index (χ1v) is 12.9. The Morgan fingerprint density at radius 2 is 1.71 bits per heavy atom. The molecule has 12 heteroatoms. The monoisotopic (exact) mass is 583 g/mol. The van der Waals surface area contributed by atoms with E-state index in [1.807, 2.05) is 0 Å². The van der Waals surface area contributed by atoms with Crippen LogP contribution in [-0.2, 0) is 32.8 Å². The third kappa shape index (κ3) is 4.91. The summed E-state index contributed by atoms with van der Waals surface area (Å²) in [6.45, 7) is 0.789. The summed E-state index contributed by atoms with van der Waals surface area (Å²) in [6, 6.07) is 16.0. The molecule has 1 saturated heterocycles. The number of hydrogen-bond acceptors (Lipinski definition) is 6. The molecular weight excluding hydrogens is 558 g/mol. The molecule has 1 aliphatic carbocycles. The molecule has 5 rings (SSSR count). The third-order valence-electron chi connectivity index (χ3n) is 7.78. The molecule has 0 radical (unpaired) electrons. The van der Waals surface area contributed by atoms with E-state index < -0.39 is 53.6 Å². The van der Waals surface area contributed by atoms with Gasteiger partial charge in [0, 0.05) is 17.5 Å². The van der Waals surface area contributed by atoms with Crippen molar-refractivity contribution in [2.24, 2.45) is 5.73 Å². The van der Waals surface area contributed by atoms with Crippen LogP contribution in [0.1, 0.15) is 40.4 Å². The Balaban J connectivity index is 1.42. The highest BCUT2D eigenvalue weighted by Crippen LogP contribution is 2.47. The lowest BCUT2D eigenvalue weighted by molar-refractivity contribution is -0.196. The lowest BCUT2D eigenvalue weighted by atomic mass is 9.91. The largest absolute Gasteiger partial charge is 0.427 e. The van der Waals surface area contributed by atoms with Crippen molar-refractivity contribution in [2.45, 2.75) is 49.7 Å². The fourth-order valence-electron chi connectivity index (χ4n) is 5.46. The highest BCUT2D eigenvalue weighted by atomic mass is 19.4. The van der Waals surface area contributed by atoms with E-state index >= 15 is 0 Å². The minimum Gasteiger partial charge on any atom is -0.427 e. The van der Waals surface area contributed by atoms with Gasteiger partial charge < -0.3 is 10.5 Å². The number of hydrogen-bond donors (Lipinski definition) is 2.